The van der Waals surface area contributed by atoms with E-state index in [0.29, 0.717) is 19.1 Å². The monoisotopic (exact) mass is 496 g/mol. The third-order valence-corrected chi connectivity index (χ3v) is 4.66. The molecular formula is C18H37IN6O2. The quantitative estimate of drug-likeness (QED) is 0.344. The Balaban J connectivity index is 0.00000364. The van der Waals surface area contributed by atoms with Gasteiger partial charge in [-0.1, -0.05) is 0 Å². The standard InChI is InChI=1S/C18H36N6O2.HI/c1-7-19-16(20-10-15-13-22(5)8-9-23(15)6)21-14-11-24(12-14)17(25)26-18(2,3)4;/h14-15H,7-13H2,1-6H3,(H2,19,20,21);1H. The summed E-state index contributed by atoms with van der Waals surface area (Å²) in [5, 5.41) is 6.73. The van der Waals surface area contributed by atoms with Crippen LogP contribution in [0.2, 0.25) is 0 Å². The zero-order valence-electron chi connectivity index (χ0n) is 17.6. The van der Waals surface area contributed by atoms with Crippen LogP contribution in [0.3, 0.4) is 0 Å². The Morgan fingerprint density at radius 1 is 1.19 bits per heavy atom. The minimum absolute atomic E-state index is 0. The number of likely N-dealkylation sites (N-methyl/N-ethyl adjacent to an activating group) is 2. The lowest BCUT2D eigenvalue weighted by Crippen LogP contribution is -2.63. The van der Waals surface area contributed by atoms with Crippen molar-refractivity contribution in [2.45, 2.75) is 45.4 Å². The number of ether oxygens (including phenoxy) is 1. The van der Waals surface area contributed by atoms with E-state index >= 15 is 0 Å². The predicted molar refractivity (Wildman–Crippen MR) is 120 cm³/mol. The lowest BCUT2D eigenvalue weighted by atomic mass is 10.1. The third-order valence-electron chi connectivity index (χ3n) is 4.66. The third kappa shape index (κ3) is 7.98. The van der Waals surface area contributed by atoms with Gasteiger partial charge in [0.25, 0.3) is 0 Å². The Bertz CT molecular complexity index is 505. The molecule has 0 radical (unpaired) electrons. The number of hydrogen-bond donors (Lipinski definition) is 2. The molecular weight excluding hydrogens is 459 g/mol. The van der Waals surface area contributed by atoms with Crippen molar-refractivity contribution in [1.29, 1.82) is 0 Å². The van der Waals surface area contributed by atoms with E-state index in [0.717, 1.165) is 38.7 Å². The number of aliphatic imine (C=N–C) groups is 1. The zero-order valence-corrected chi connectivity index (χ0v) is 19.9. The fourth-order valence-corrected chi connectivity index (χ4v) is 3.05. The molecule has 1 atom stereocenters. The van der Waals surface area contributed by atoms with Crippen LogP contribution in [0.5, 0.6) is 0 Å². The Kier molecular flexibility index (Phi) is 9.56. The van der Waals surface area contributed by atoms with Gasteiger partial charge in [0, 0.05) is 45.3 Å². The van der Waals surface area contributed by atoms with Crippen molar-refractivity contribution < 1.29 is 9.53 Å². The SMILES string of the molecule is CCNC(=NCC1CN(C)CCN1C)NC1CN(C(=O)OC(C)(C)C)C1.I. The van der Waals surface area contributed by atoms with Crippen LogP contribution in [0, 0.1) is 0 Å². The van der Waals surface area contributed by atoms with Gasteiger partial charge in [0.05, 0.1) is 12.6 Å². The molecule has 1 unspecified atom stereocenters. The first-order valence-electron chi connectivity index (χ1n) is 9.59. The lowest BCUT2D eigenvalue weighted by molar-refractivity contribution is 0.00700. The molecule has 0 saturated carbocycles. The molecule has 2 aliphatic rings. The normalized spacial score (nSPS) is 22.7. The number of rotatable bonds is 4. The van der Waals surface area contributed by atoms with E-state index in [1.807, 2.05) is 20.8 Å². The number of carbonyl (C=O) groups excluding carboxylic acids is 1. The van der Waals surface area contributed by atoms with Crippen molar-refractivity contribution in [3.8, 4) is 0 Å². The summed E-state index contributed by atoms with van der Waals surface area (Å²) in [7, 11) is 4.32. The molecule has 0 aromatic carbocycles. The molecule has 9 heteroatoms. The molecule has 158 valence electrons. The van der Waals surface area contributed by atoms with E-state index in [9.17, 15) is 4.79 Å². The molecule has 0 bridgehead atoms. The van der Waals surface area contributed by atoms with Gasteiger partial charge in [0.2, 0.25) is 0 Å². The van der Waals surface area contributed by atoms with Gasteiger partial charge in [-0.05, 0) is 41.8 Å². The molecule has 1 amide bonds. The Hall–Kier alpha value is -0.810. The van der Waals surface area contributed by atoms with Gasteiger partial charge in [-0.15, -0.1) is 24.0 Å². The Morgan fingerprint density at radius 3 is 2.44 bits per heavy atom. The van der Waals surface area contributed by atoms with E-state index in [1.54, 1.807) is 4.90 Å². The smallest absolute Gasteiger partial charge is 0.410 e. The fourth-order valence-electron chi connectivity index (χ4n) is 3.05. The van der Waals surface area contributed by atoms with Crippen molar-refractivity contribution in [3.63, 3.8) is 0 Å². The van der Waals surface area contributed by atoms with Crippen LogP contribution >= 0.6 is 24.0 Å². The number of likely N-dealkylation sites (tertiary alicyclic amines) is 1. The Morgan fingerprint density at radius 2 is 1.85 bits per heavy atom. The number of guanidine groups is 1. The van der Waals surface area contributed by atoms with Crippen molar-refractivity contribution in [3.05, 3.63) is 0 Å². The van der Waals surface area contributed by atoms with Crippen molar-refractivity contribution >= 4 is 36.0 Å². The lowest BCUT2D eigenvalue weighted by Gasteiger charge is -2.40. The van der Waals surface area contributed by atoms with Gasteiger partial charge in [-0.2, -0.15) is 0 Å². The largest absolute Gasteiger partial charge is 0.444 e. The maximum Gasteiger partial charge on any atom is 0.410 e. The molecule has 0 aliphatic carbocycles. The maximum absolute atomic E-state index is 12.0. The van der Waals surface area contributed by atoms with Crippen LogP contribution in [0.1, 0.15) is 27.7 Å². The summed E-state index contributed by atoms with van der Waals surface area (Å²) in [5.74, 6) is 0.822. The highest BCUT2D eigenvalue weighted by Gasteiger charge is 2.34. The Labute approximate surface area is 181 Å². The molecule has 2 saturated heterocycles. The van der Waals surface area contributed by atoms with E-state index in [-0.39, 0.29) is 36.1 Å². The fraction of sp³-hybridized carbons (Fsp3) is 0.889. The van der Waals surface area contributed by atoms with E-state index in [1.165, 1.54) is 0 Å². The van der Waals surface area contributed by atoms with E-state index in [4.69, 9.17) is 9.73 Å². The minimum atomic E-state index is -0.453. The molecule has 27 heavy (non-hydrogen) atoms. The molecule has 2 aliphatic heterocycles. The summed E-state index contributed by atoms with van der Waals surface area (Å²) in [6.45, 7) is 13.8. The number of hydrogen-bond acceptors (Lipinski definition) is 5. The highest BCUT2D eigenvalue weighted by Crippen LogP contribution is 2.15. The van der Waals surface area contributed by atoms with Crippen LogP contribution in [-0.4, -0.2) is 104 Å². The van der Waals surface area contributed by atoms with Gasteiger partial charge in [-0.3, -0.25) is 9.89 Å². The number of piperazine rings is 1. The second-order valence-corrected chi connectivity index (χ2v) is 8.34. The van der Waals surface area contributed by atoms with Crippen molar-refractivity contribution in [2.75, 3.05) is 59.9 Å². The van der Waals surface area contributed by atoms with Crippen LogP contribution in [0.4, 0.5) is 4.79 Å². The number of halogens is 1. The minimum Gasteiger partial charge on any atom is -0.444 e. The molecule has 2 rings (SSSR count). The van der Waals surface area contributed by atoms with Crippen LogP contribution in [0.15, 0.2) is 4.99 Å². The first kappa shape index (κ1) is 24.2. The topological polar surface area (TPSA) is 72.4 Å². The van der Waals surface area contributed by atoms with Crippen molar-refractivity contribution in [1.82, 2.24) is 25.3 Å². The summed E-state index contributed by atoms with van der Waals surface area (Å²) in [4.78, 5) is 23.2. The van der Waals surface area contributed by atoms with E-state index in [2.05, 4.69) is 41.5 Å². The molecule has 2 heterocycles. The molecule has 2 N–H and O–H groups in total. The van der Waals surface area contributed by atoms with Gasteiger partial charge in [0.1, 0.15) is 5.60 Å². The zero-order chi connectivity index (χ0) is 19.3. The molecule has 0 aromatic rings. The second-order valence-electron chi connectivity index (χ2n) is 8.34. The molecule has 0 aromatic heterocycles. The molecule has 8 nitrogen and oxygen atoms in total. The number of nitrogens with zero attached hydrogens (tertiary/aromatic N) is 4. The maximum atomic E-state index is 12.0. The highest BCUT2D eigenvalue weighted by atomic mass is 127. The van der Waals surface area contributed by atoms with Crippen LogP contribution in [-0.2, 0) is 4.74 Å². The van der Waals surface area contributed by atoms with Crippen molar-refractivity contribution in [2.24, 2.45) is 4.99 Å². The first-order valence-corrected chi connectivity index (χ1v) is 9.59. The average Bonchev–Trinajstić information content (AvgIpc) is 2.49. The summed E-state index contributed by atoms with van der Waals surface area (Å²) in [6, 6.07) is 0.649. The summed E-state index contributed by atoms with van der Waals surface area (Å²) >= 11 is 0. The van der Waals surface area contributed by atoms with Crippen LogP contribution in [0.25, 0.3) is 0 Å². The van der Waals surface area contributed by atoms with Gasteiger partial charge < -0.3 is 25.2 Å². The van der Waals surface area contributed by atoms with E-state index < -0.39 is 5.60 Å². The first-order chi connectivity index (χ1) is 12.2. The average molecular weight is 496 g/mol. The second kappa shape index (κ2) is 10.7. The highest BCUT2D eigenvalue weighted by molar-refractivity contribution is 14.0. The number of amides is 1. The summed E-state index contributed by atoms with van der Waals surface area (Å²) < 4.78 is 5.39. The summed E-state index contributed by atoms with van der Waals surface area (Å²) in [5.41, 5.74) is -0.453. The summed E-state index contributed by atoms with van der Waals surface area (Å²) in [6.07, 6.45) is -0.246. The molecule has 2 fully saturated rings. The van der Waals surface area contributed by atoms with Gasteiger partial charge in [0.15, 0.2) is 5.96 Å². The molecule has 0 spiro atoms. The predicted octanol–water partition coefficient (Wildman–Crippen LogP) is 1.02. The number of nitrogens with one attached hydrogen (secondary N) is 2. The van der Waals surface area contributed by atoms with Gasteiger partial charge >= 0.3 is 6.09 Å². The number of carbonyl (C=O) groups is 1. The van der Waals surface area contributed by atoms with Crippen LogP contribution < -0.4 is 10.6 Å². The van der Waals surface area contributed by atoms with Gasteiger partial charge in [-0.25, -0.2) is 4.79 Å².